The molecule has 0 saturated heterocycles. The van der Waals surface area contributed by atoms with Crippen LogP contribution in [0.5, 0.6) is 0 Å². The van der Waals surface area contributed by atoms with E-state index in [0.717, 1.165) is 27.0 Å². The van der Waals surface area contributed by atoms with Gasteiger partial charge in [0.15, 0.2) is 5.13 Å². The van der Waals surface area contributed by atoms with Gasteiger partial charge in [0, 0.05) is 18.4 Å². The van der Waals surface area contributed by atoms with Crippen LogP contribution in [0.25, 0.3) is 10.2 Å². The van der Waals surface area contributed by atoms with Crippen LogP contribution in [0.4, 0.5) is 5.13 Å². The number of nitrogens with zero attached hydrogens (tertiary/aromatic N) is 5. The minimum atomic E-state index is -0.110. The maximum Gasteiger partial charge on any atom is 0.278 e. The van der Waals surface area contributed by atoms with Crippen molar-refractivity contribution in [3.05, 3.63) is 70.8 Å². The van der Waals surface area contributed by atoms with Gasteiger partial charge in [-0.3, -0.25) is 19.4 Å². The molecule has 1 aromatic carbocycles. The lowest BCUT2D eigenvalue weighted by atomic mass is 10.1. The zero-order valence-electron chi connectivity index (χ0n) is 17.9. The Morgan fingerprint density at radius 1 is 1.20 bits per heavy atom. The molecule has 6 nitrogen and oxygen atoms in total. The number of anilines is 1. The number of carbonyl (C=O) groups is 1. The molecule has 30 heavy (non-hydrogen) atoms. The van der Waals surface area contributed by atoms with Crippen molar-refractivity contribution in [1.82, 2.24) is 19.7 Å². The van der Waals surface area contributed by atoms with Gasteiger partial charge in [-0.15, -0.1) is 0 Å². The first-order chi connectivity index (χ1) is 14.3. The molecular weight excluding hydrogens is 394 g/mol. The number of carbonyl (C=O) groups excluding carboxylic acids is 1. The molecule has 0 saturated carbocycles. The molecule has 3 aromatic heterocycles. The maximum atomic E-state index is 13.7. The molecule has 154 valence electrons. The third kappa shape index (κ3) is 3.73. The summed E-state index contributed by atoms with van der Waals surface area (Å²) in [6.07, 6.45) is 3.52. The molecule has 4 rings (SSSR count). The van der Waals surface area contributed by atoms with Gasteiger partial charge in [0.1, 0.15) is 5.69 Å². The number of fused-ring (bicyclic) bond motifs is 1. The van der Waals surface area contributed by atoms with Crippen LogP contribution in [0.1, 0.15) is 52.8 Å². The second-order valence-corrected chi connectivity index (χ2v) is 8.82. The molecule has 4 aromatic rings. The second kappa shape index (κ2) is 7.99. The lowest BCUT2D eigenvalue weighted by Gasteiger charge is -2.21. The third-order valence-corrected chi connectivity index (χ3v) is 6.22. The lowest BCUT2D eigenvalue weighted by Crippen LogP contribution is -2.32. The Kier molecular flexibility index (Phi) is 5.39. The SMILES string of the molecule is Cc1cc(C(=O)N(Cc2cccnc2)c2nc3c(C)c(C)ccc3s2)n(C(C)C)n1. The molecule has 0 radical (unpaired) electrons. The topological polar surface area (TPSA) is 63.9 Å². The molecule has 0 fully saturated rings. The van der Waals surface area contributed by atoms with E-state index in [0.29, 0.717) is 17.4 Å². The highest BCUT2D eigenvalue weighted by atomic mass is 32.1. The lowest BCUT2D eigenvalue weighted by molar-refractivity contribution is 0.0973. The Labute approximate surface area is 180 Å². The van der Waals surface area contributed by atoms with Crippen molar-refractivity contribution in [2.24, 2.45) is 0 Å². The predicted octanol–water partition coefficient (Wildman–Crippen LogP) is 5.24. The van der Waals surface area contributed by atoms with E-state index in [4.69, 9.17) is 4.98 Å². The minimum Gasteiger partial charge on any atom is -0.278 e. The summed E-state index contributed by atoms with van der Waals surface area (Å²) in [6, 6.07) is 9.96. The number of pyridine rings is 1. The van der Waals surface area contributed by atoms with Gasteiger partial charge >= 0.3 is 0 Å². The molecule has 0 N–H and O–H groups in total. The van der Waals surface area contributed by atoms with Crippen molar-refractivity contribution in [2.75, 3.05) is 4.90 Å². The number of rotatable bonds is 5. The summed E-state index contributed by atoms with van der Waals surface area (Å²) in [5, 5.41) is 5.20. The van der Waals surface area contributed by atoms with Crippen molar-refractivity contribution in [1.29, 1.82) is 0 Å². The molecule has 7 heteroatoms. The van der Waals surface area contributed by atoms with E-state index in [-0.39, 0.29) is 11.9 Å². The first-order valence-corrected chi connectivity index (χ1v) is 10.8. The van der Waals surface area contributed by atoms with E-state index in [2.05, 4.69) is 36.1 Å². The molecule has 0 spiro atoms. The average Bonchev–Trinajstić information content (AvgIpc) is 3.33. The van der Waals surface area contributed by atoms with Gasteiger partial charge < -0.3 is 0 Å². The number of thiazole rings is 1. The van der Waals surface area contributed by atoms with E-state index in [1.54, 1.807) is 22.0 Å². The minimum absolute atomic E-state index is 0.0816. The van der Waals surface area contributed by atoms with Gasteiger partial charge in [-0.2, -0.15) is 5.10 Å². The quantitative estimate of drug-likeness (QED) is 0.444. The Bertz CT molecular complexity index is 1210. The van der Waals surface area contributed by atoms with Crippen LogP contribution in [0.3, 0.4) is 0 Å². The zero-order valence-corrected chi connectivity index (χ0v) is 18.7. The number of benzene rings is 1. The highest BCUT2D eigenvalue weighted by Crippen LogP contribution is 2.33. The van der Waals surface area contributed by atoms with Crippen molar-refractivity contribution in [3.8, 4) is 0 Å². The fourth-order valence-corrected chi connectivity index (χ4v) is 4.46. The molecular formula is C23H25N5OS. The summed E-state index contributed by atoms with van der Waals surface area (Å²) in [5.74, 6) is -0.110. The van der Waals surface area contributed by atoms with E-state index in [9.17, 15) is 4.79 Å². The monoisotopic (exact) mass is 419 g/mol. The van der Waals surface area contributed by atoms with Gasteiger partial charge in [0.2, 0.25) is 0 Å². The van der Waals surface area contributed by atoms with Crippen molar-refractivity contribution in [3.63, 3.8) is 0 Å². The Morgan fingerprint density at radius 3 is 2.70 bits per heavy atom. The van der Waals surface area contributed by atoms with Gasteiger partial charge in [0.25, 0.3) is 5.91 Å². The number of hydrogen-bond acceptors (Lipinski definition) is 5. The summed E-state index contributed by atoms with van der Waals surface area (Å²) in [7, 11) is 0. The van der Waals surface area contributed by atoms with Crippen molar-refractivity contribution < 1.29 is 4.79 Å². The maximum absolute atomic E-state index is 13.7. The van der Waals surface area contributed by atoms with Gasteiger partial charge in [-0.05, 0) is 69.5 Å². The first kappa shape index (κ1) is 20.2. The highest BCUT2D eigenvalue weighted by molar-refractivity contribution is 7.22. The molecule has 0 unspecified atom stereocenters. The molecule has 0 aliphatic carbocycles. The smallest absolute Gasteiger partial charge is 0.278 e. The predicted molar refractivity (Wildman–Crippen MR) is 121 cm³/mol. The fraction of sp³-hybridized carbons (Fsp3) is 0.304. The summed E-state index contributed by atoms with van der Waals surface area (Å²) < 4.78 is 2.86. The van der Waals surface area contributed by atoms with Gasteiger partial charge in [-0.25, -0.2) is 4.98 Å². The average molecular weight is 420 g/mol. The van der Waals surface area contributed by atoms with Gasteiger partial charge in [0.05, 0.1) is 22.5 Å². The Hall–Kier alpha value is -3.06. The molecule has 3 heterocycles. The third-order valence-electron chi connectivity index (χ3n) is 5.18. The van der Waals surface area contributed by atoms with Crippen LogP contribution in [0.2, 0.25) is 0 Å². The zero-order chi connectivity index (χ0) is 21.4. The number of hydrogen-bond donors (Lipinski definition) is 0. The van der Waals surface area contributed by atoms with E-state index >= 15 is 0 Å². The van der Waals surface area contributed by atoms with E-state index in [1.807, 2.05) is 39.0 Å². The molecule has 0 aliphatic rings. The second-order valence-electron chi connectivity index (χ2n) is 7.81. The summed E-state index contributed by atoms with van der Waals surface area (Å²) in [6.45, 7) is 10.5. The van der Waals surface area contributed by atoms with E-state index < -0.39 is 0 Å². The standard InChI is InChI=1S/C23H25N5OS/c1-14(2)28-19(11-16(4)26-28)22(29)27(13-18-7-6-10-24-12-18)23-25-21-17(5)15(3)8-9-20(21)30-23/h6-12,14H,13H2,1-5H3. The molecule has 1 amide bonds. The highest BCUT2D eigenvalue weighted by Gasteiger charge is 2.26. The van der Waals surface area contributed by atoms with Gasteiger partial charge in [-0.1, -0.05) is 23.5 Å². The molecule has 0 bridgehead atoms. The van der Waals surface area contributed by atoms with Crippen molar-refractivity contribution in [2.45, 2.75) is 47.2 Å². The number of aromatic nitrogens is 4. The van der Waals surface area contributed by atoms with E-state index in [1.165, 1.54) is 16.9 Å². The van der Waals surface area contributed by atoms with Crippen LogP contribution in [-0.2, 0) is 6.54 Å². The largest absolute Gasteiger partial charge is 0.278 e. The summed E-state index contributed by atoms with van der Waals surface area (Å²) >= 11 is 1.54. The molecule has 0 atom stereocenters. The van der Waals surface area contributed by atoms with Crippen LogP contribution >= 0.6 is 11.3 Å². The van der Waals surface area contributed by atoms with Crippen LogP contribution in [0, 0.1) is 20.8 Å². The Morgan fingerprint density at radius 2 is 2.00 bits per heavy atom. The summed E-state index contributed by atoms with van der Waals surface area (Å²) in [5.41, 5.74) is 5.63. The number of aryl methyl sites for hydroxylation is 3. The normalized spacial score (nSPS) is 11.4. The Balaban J connectivity index is 1.83. The van der Waals surface area contributed by atoms with Crippen molar-refractivity contribution >= 4 is 32.6 Å². The summed E-state index contributed by atoms with van der Waals surface area (Å²) in [4.78, 5) is 24.6. The van der Waals surface area contributed by atoms with Crippen LogP contribution < -0.4 is 4.90 Å². The fourth-order valence-electron chi connectivity index (χ4n) is 3.44. The van der Waals surface area contributed by atoms with Crippen LogP contribution in [-0.4, -0.2) is 25.7 Å². The molecule has 0 aliphatic heterocycles. The van der Waals surface area contributed by atoms with Crippen LogP contribution in [0.15, 0.2) is 42.7 Å². The number of amides is 1. The first-order valence-electron chi connectivity index (χ1n) is 9.99.